The number of benzene rings is 1. The van der Waals surface area contributed by atoms with E-state index in [1.165, 1.54) is 12.1 Å². The first-order chi connectivity index (χ1) is 5.66. The zero-order valence-electron chi connectivity index (χ0n) is 6.77. The smallest absolute Gasteiger partial charge is 0.200 e. The summed E-state index contributed by atoms with van der Waals surface area (Å²) < 4.78 is 25.6. The van der Waals surface area contributed by atoms with Crippen molar-refractivity contribution in [2.45, 2.75) is 19.8 Å². The Balaban J connectivity index is 3.08. The zero-order chi connectivity index (χ0) is 9.14. The highest BCUT2D eigenvalue weighted by Gasteiger charge is 2.11. The number of halogens is 2. The fourth-order valence-electron chi connectivity index (χ4n) is 1.04. The third-order valence-corrected chi connectivity index (χ3v) is 1.66. The molecule has 0 atom stereocenters. The fourth-order valence-corrected chi connectivity index (χ4v) is 1.04. The molecular weight excluding hydrogens is 162 g/mol. The van der Waals surface area contributed by atoms with Crippen LogP contribution in [0.1, 0.15) is 18.9 Å². The largest absolute Gasteiger partial charge is 0.505 e. The van der Waals surface area contributed by atoms with Gasteiger partial charge in [0.1, 0.15) is 0 Å². The van der Waals surface area contributed by atoms with Crippen molar-refractivity contribution in [3.05, 3.63) is 29.3 Å². The third-order valence-electron chi connectivity index (χ3n) is 1.66. The Hall–Kier alpha value is -1.12. The van der Waals surface area contributed by atoms with Crippen LogP contribution >= 0.6 is 0 Å². The van der Waals surface area contributed by atoms with Gasteiger partial charge in [-0.1, -0.05) is 19.4 Å². The Labute approximate surface area is 69.7 Å². The molecule has 0 heterocycles. The molecule has 0 amide bonds. The molecule has 0 fully saturated rings. The van der Waals surface area contributed by atoms with Crippen molar-refractivity contribution in [2.24, 2.45) is 0 Å². The van der Waals surface area contributed by atoms with Crippen molar-refractivity contribution in [3.8, 4) is 5.75 Å². The molecular formula is C9H10F2O. The van der Waals surface area contributed by atoms with Crippen molar-refractivity contribution >= 4 is 0 Å². The van der Waals surface area contributed by atoms with E-state index in [9.17, 15) is 8.78 Å². The van der Waals surface area contributed by atoms with Crippen LogP contribution in [0.3, 0.4) is 0 Å². The molecule has 1 nitrogen and oxygen atoms in total. The van der Waals surface area contributed by atoms with Gasteiger partial charge in [-0.25, -0.2) is 4.39 Å². The van der Waals surface area contributed by atoms with E-state index in [0.29, 0.717) is 12.0 Å². The van der Waals surface area contributed by atoms with Crippen LogP contribution in [0.15, 0.2) is 12.1 Å². The topological polar surface area (TPSA) is 20.2 Å². The Kier molecular flexibility index (Phi) is 2.63. The third kappa shape index (κ3) is 1.55. The summed E-state index contributed by atoms with van der Waals surface area (Å²) in [5.41, 5.74) is 0.313. The number of rotatable bonds is 2. The van der Waals surface area contributed by atoms with Gasteiger partial charge in [0, 0.05) is 0 Å². The van der Waals surface area contributed by atoms with Crippen LogP contribution in [0.4, 0.5) is 8.78 Å². The lowest BCUT2D eigenvalue weighted by Gasteiger charge is -2.02. The van der Waals surface area contributed by atoms with Crippen LogP contribution in [0.5, 0.6) is 5.75 Å². The lowest BCUT2D eigenvalue weighted by Crippen LogP contribution is -1.93. The van der Waals surface area contributed by atoms with E-state index in [4.69, 9.17) is 5.11 Å². The summed E-state index contributed by atoms with van der Waals surface area (Å²) in [5.74, 6) is -2.72. The molecule has 0 aromatic heterocycles. The minimum Gasteiger partial charge on any atom is -0.505 e. The van der Waals surface area contributed by atoms with Gasteiger partial charge in [0.2, 0.25) is 5.82 Å². The molecule has 1 aromatic carbocycles. The lowest BCUT2D eigenvalue weighted by molar-refractivity contribution is 0.404. The number of aromatic hydroxyl groups is 1. The van der Waals surface area contributed by atoms with Gasteiger partial charge in [0.05, 0.1) is 0 Å². The molecule has 0 aliphatic heterocycles. The number of hydrogen-bond donors (Lipinski definition) is 1. The Morgan fingerprint density at radius 1 is 1.25 bits per heavy atom. The van der Waals surface area contributed by atoms with Crippen molar-refractivity contribution in [3.63, 3.8) is 0 Å². The normalized spacial score (nSPS) is 10.2. The number of hydrogen-bond acceptors (Lipinski definition) is 1. The first-order valence-corrected chi connectivity index (χ1v) is 3.82. The van der Waals surface area contributed by atoms with E-state index >= 15 is 0 Å². The average Bonchev–Trinajstić information content (AvgIpc) is 2.07. The van der Waals surface area contributed by atoms with E-state index in [1.54, 1.807) is 0 Å². The van der Waals surface area contributed by atoms with Gasteiger partial charge < -0.3 is 5.11 Å². The molecule has 0 unspecified atom stereocenters. The highest BCUT2D eigenvalue weighted by atomic mass is 19.2. The monoisotopic (exact) mass is 172 g/mol. The minimum atomic E-state index is -1.15. The maximum Gasteiger partial charge on any atom is 0.200 e. The standard InChI is InChI=1S/C9H10F2O/c1-2-3-6-4-5-7(12)9(11)8(6)10/h4-5,12H,2-3H2,1H3. The Bertz CT molecular complexity index is 284. The molecule has 1 rings (SSSR count). The molecule has 1 N–H and O–H groups in total. The van der Waals surface area contributed by atoms with Crippen LogP contribution in [-0.2, 0) is 6.42 Å². The molecule has 0 saturated carbocycles. The van der Waals surface area contributed by atoms with E-state index < -0.39 is 17.4 Å². The summed E-state index contributed by atoms with van der Waals surface area (Å²) in [6.07, 6.45) is 1.24. The maximum absolute atomic E-state index is 12.9. The van der Waals surface area contributed by atoms with Crippen molar-refractivity contribution in [2.75, 3.05) is 0 Å². The molecule has 66 valence electrons. The van der Waals surface area contributed by atoms with Crippen LogP contribution in [0.2, 0.25) is 0 Å². The fraction of sp³-hybridized carbons (Fsp3) is 0.333. The van der Waals surface area contributed by atoms with E-state index in [0.717, 1.165) is 6.42 Å². The lowest BCUT2D eigenvalue weighted by atomic mass is 10.1. The highest BCUT2D eigenvalue weighted by molar-refractivity contribution is 5.29. The molecule has 3 heteroatoms. The first-order valence-electron chi connectivity index (χ1n) is 3.82. The predicted octanol–water partition coefficient (Wildman–Crippen LogP) is 2.62. The van der Waals surface area contributed by atoms with Crippen LogP contribution in [0, 0.1) is 11.6 Å². The van der Waals surface area contributed by atoms with Gasteiger partial charge in [0.15, 0.2) is 11.6 Å². The molecule has 12 heavy (non-hydrogen) atoms. The molecule has 0 spiro atoms. The number of phenols is 1. The second-order valence-corrected chi connectivity index (χ2v) is 2.62. The maximum atomic E-state index is 12.9. The summed E-state index contributed by atoms with van der Waals surface area (Å²) in [6.45, 7) is 1.88. The van der Waals surface area contributed by atoms with E-state index in [2.05, 4.69) is 0 Å². The summed E-state index contributed by atoms with van der Waals surface area (Å²) in [5, 5.41) is 8.78. The second-order valence-electron chi connectivity index (χ2n) is 2.62. The molecule has 1 aromatic rings. The molecule has 0 saturated heterocycles. The van der Waals surface area contributed by atoms with Gasteiger partial charge in [0.25, 0.3) is 0 Å². The van der Waals surface area contributed by atoms with Crippen LogP contribution in [-0.4, -0.2) is 5.11 Å². The molecule has 0 bridgehead atoms. The number of aryl methyl sites for hydroxylation is 1. The predicted molar refractivity (Wildman–Crippen MR) is 42.0 cm³/mol. The van der Waals surface area contributed by atoms with Crippen molar-refractivity contribution < 1.29 is 13.9 Å². The summed E-state index contributed by atoms with van der Waals surface area (Å²) in [7, 11) is 0. The quantitative estimate of drug-likeness (QED) is 0.727. The van der Waals surface area contributed by atoms with Crippen LogP contribution in [0.25, 0.3) is 0 Å². The second kappa shape index (κ2) is 3.52. The summed E-state index contributed by atoms with van der Waals surface area (Å²) >= 11 is 0. The summed E-state index contributed by atoms with van der Waals surface area (Å²) in [6, 6.07) is 2.57. The minimum absolute atomic E-state index is 0.313. The van der Waals surface area contributed by atoms with E-state index in [-0.39, 0.29) is 0 Å². The Morgan fingerprint density at radius 2 is 1.92 bits per heavy atom. The zero-order valence-corrected chi connectivity index (χ0v) is 6.77. The first kappa shape index (κ1) is 8.97. The average molecular weight is 172 g/mol. The van der Waals surface area contributed by atoms with Gasteiger partial charge >= 0.3 is 0 Å². The highest BCUT2D eigenvalue weighted by Crippen LogP contribution is 2.21. The SMILES string of the molecule is CCCc1ccc(O)c(F)c1F. The van der Waals surface area contributed by atoms with Gasteiger partial charge in [-0.3, -0.25) is 0 Å². The van der Waals surface area contributed by atoms with Crippen molar-refractivity contribution in [1.29, 1.82) is 0 Å². The van der Waals surface area contributed by atoms with Gasteiger partial charge in [-0.2, -0.15) is 4.39 Å². The Morgan fingerprint density at radius 3 is 2.50 bits per heavy atom. The summed E-state index contributed by atoms with van der Waals surface area (Å²) in [4.78, 5) is 0. The molecule has 0 aliphatic carbocycles. The van der Waals surface area contributed by atoms with Gasteiger partial charge in [-0.05, 0) is 18.1 Å². The number of phenolic OH excluding ortho intramolecular Hbond substituents is 1. The van der Waals surface area contributed by atoms with Gasteiger partial charge in [-0.15, -0.1) is 0 Å². The molecule has 0 radical (unpaired) electrons. The van der Waals surface area contributed by atoms with E-state index in [1.807, 2.05) is 6.92 Å². The molecule has 0 aliphatic rings. The van der Waals surface area contributed by atoms with Crippen LogP contribution < -0.4 is 0 Å². The van der Waals surface area contributed by atoms with Crippen molar-refractivity contribution in [1.82, 2.24) is 0 Å².